The first kappa shape index (κ1) is 20.3. The molecule has 9 heteroatoms. The smallest absolute Gasteiger partial charge is 0.416 e. The summed E-state index contributed by atoms with van der Waals surface area (Å²) in [6.45, 7) is 1.30. The highest BCUT2D eigenvalue weighted by molar-refractivity contribution is 5.89. The van der Waals surface area contributed by atoms with Crippen molar-refractivity contribution in [2.75, 3.05) is 23.3 Å². The fraction of sp³-hybridized carbons (Fsp3) is 0.348. The Bertz CT molecular complexity index is 1090. The molecule has 0 aromatic carbocycles. The van der Waals surface area contributed by atoms with Crippen molar-refractivity contribution in [2.45, 2.75) is 31.3 Å². The number of hydrogen-bond donors (Lipinski definition) is 1. The minimum atomic E-state index is -0.503. The van der Waals surface area contributed by atoms with Crippen LogP contribution in [0.15, 0.2) is 55.0 Å². The lowest BCUT2D eigenvalue weighted by atomic mass is 9.78. The van der Waals surface area contributed by atoms with E-state index in [0.717, 1.165) is 38.0 Å². The van der Waals surface area contributed by atoms with E-state index in [9.17, 15) is 9.18 Å². The maximum Gasteiger partial charge on any atom is 0.416 e. The van der Waals surface area contributed by atoms with Gasteiger partial charge >= 0.3 is 6.09 Å². The van der Waals surface area contributed by atoms with Crippen LogP contribution in [0.5, 0.6) is 0 Å². The summed E-state index contributed by atoms with van der Waals surface area (Å²) in [6.07, 6.45) is 7.84. The molecular weight excluding hydrogens is 411 g/mol. The van der Waals surface area contributed by atoms with Gasteiger partial charge in [0.2, 0.25) is 5.95 Å². The zero-order chi connectivity index (χ0) is 22.0. The number of nitrogens with one attached hydrogen (secondary N) is 1. The van der Waals surface area contributed by atoms with Crippen LogP contribution in [-0.2, 0) is 4.74 Å². The highest BCUT2D eigenvalue weighted by Gasteiger charge is 2.48. The molecule has 1 N–H and O–H groups in total. The van der Waals surface area contributed by atoms with Crippen molar-refractivity contribution in [3.63, 3.8) is 0 Å². The van der Waals surface area contributed by atoms with Crippen LogP contribution < -0.4 is 10.2 Å². The Morgan fingerprint density at radius 2 is 1.97 bits per heavy atom. The molecule has 1 aliphatic carbocycles. The van der Waals surface area contributed by atoms with Crippen molar-refractivity contribution in [1.82, 2.24) is 20.2 Å². The largest absolute Gasteiger partial charge is 0.441 e. The van der Waals surface area contributed by atoms with Crippen molar-refractivity contribution < 1.29 is 13.9 Å². The fourth-order valence-electron chi connectivity index (χ4n) is 4.41. The van der Waals surface area contributed by atoms with Gasteiger partial charge in [0.15, 0.2) is 5.82 Å². The molecule has 0 unspecified atom stereocenters. The van der Waals surface area contributed by atoms with Crippen molar-refractivity contribution in [3.05, 3.63) is 60.9 Å². The number of halogens is 1. The minimum Gasteiger partial charge on any atom is -0.441 e. The molecule has 3 aromatic rings. The second-order valence-corrected chi connectivity index (χ2v) is 8.32. The SMILES string of the molecule is O=C1O[C@]2(CC[C@H](CNc3ccc(-c4cccnc4F)cn3)CC2)CN1c1cccnn1. The van der Waals surface area contributed by atoms with Crippen LogP contribution in [0, 0.1) is 11.9 Å². The summed E-state index contributed by atoms with van der Waals surface area (Å²) >= 11 is 0. The van der Waals surface area contributed by atoms with Crippen molar-refractivity contribution in [2.24, 2.45) is 5.92 Å². The van der Waals surface area contributed by atoms with E-state index in [4.69, 9.17) is 4.74 Å². The van der Waals surface area contributed by atoms with Crippen LogP contribution in [-0.4, -0.2) is 44.9 Å². The van der Waals surface area contributed by atoms with Crippen LogP contribution in [0.2, 0.25) is 0 Å². The van der Waals surface area contributed by atoms with Crippen LogP contribution in [0.1, 0.15) is 25.7 Å². The van der Waals surface area contributed by atoms with Gasteiger partial charge in [0, 0.05) is 36.3 Å². The average molecular weight is 434 g/mol. The lowest BCUT2D eigenvalue weighted by molar-refractivity contribution is 0.0148. The molecule has 3 aromatic heterocycles. The number of rotatable bonds is 5. The van der Waals surface area contributed by atoms with Crippen molar-refractivity contribution in [1.29, 1.82) is 0 Å². The molecule has 0 atom stereocenters. The van der Waals surface area contributed by atoms with Gasteiger partial charge in [-0.05, 0) is 68.0 Å². The second-order valence-electron chi connectivity index (χ2n) is 8.32. The molecule has 8 nitrogen and oxygen atoms in total. The van der Waals surface area contributed by atoms with Gasteiger partial charge in [0.25, 0.3) is 0 Å². The normalized spacial score (nSPS) is 22.7. The average Bonchev–Trinajstić information content (AvgIpc) is 3.16. The Hall–Kier alpha value is -3.62. The number of nitrogens with zero attached hydrogens (tertiary/aromatic N) is 5. The summed E-state index contributed by atoms with van der Waals surface area (Å²) < 4.78 is 19.6. The number of ether oxygens (including phenoxy) is 1. The Balaban J connectivity index is 1.14. The summed E-state index contributed by atoms with van der Waals surface area (Å²) in [4.78, 5) is 22.0. The molecule has 164 valence electrons. The molecule has 1 saturated heterocycles. The number of hydrogen-bond acceptors (Lipinski definition) is 7. The van der Waals surface area contributed by atoms with Crippen LogP contribution >= 0.6 is 0 Å². The molecule has 4 heterocycles. The fourth-order valence-corrected chi connectivity index (χ4v) is 4.41. The first-order chi connectivity index (χ1) is 15.6. The maximum atomic E-state index is 13.8. The highest BCUT2D eigenvalue weighted by Crippen LogP contribution is 2.40. The van der Waals surface area contributed by atoms with E-state index in [1.54, 1.807) is 41.6 Å². The Labute approximate surface area is 184 Å². The molecular formula is C23H23FN6O2. The quantitative estimate of drug-likeness (QED) is 0.605. The van der Waals surface area contributed by atoms with Gasteiger partial charge in [0.05, 0.1) is 6.54 Å². The number of aromatic nitrogens is 4. The summed E-state index contributed by atoms with van der Waals surface area (Å²) in [7, 11) is 0. The molecule has 5 rings (SSSR count). The van der Waals surface area contributed by atoms with Gasteiger partial charge in [-0.3, -0.25) is 4.90 Å². The molecule has 1 spiro atoms. The summed E-state index contributed by atoms with van der Waals surface area (Å²) in [5, 5.41) is 11.3. The zero-order valence-corrected chi connectivity index (χ0v) is 17.4. The number of pyridine rings is 2. The van der Waals surface area contributed by atoms with E-state index in [-0.39, 0.29) is 6.09 Å². The Kier molecular flexibility index (Phi) is 5.38. The molecule has 1 amide bonds. The first-order valence-corrected chi connectivity index (χ1v) is 10.7. The number of amides is 1. The molecule has 1 aliphatic heterocycles. The lowest BCUT2D eigenvalue weighted by Crippen LogP contribution is -2.39. The third-order valence-corrected chi connectivity index (χ3v) is 6.23. The van der Waals surface area contributed by atoms with E-state index in [0.29, 0.717) is 29.4 Å². The monoisotopic (exact) mass is 434 g/mol. The third-order valence-electron chi connectivity index (χ3n) is 6.23. The van der Waals surface area contributed by atoms with Gasteiger partial charge in [0.1, 0.15) is 11.4 Å². The van der Waals surface area contributed by atoms with E-state index in [2.05, 4.69) is 25.5 Å². The van der Waals surface area contributed by atoms with Crippen LogP contribution in [0.3, 0.4) is 0 Å². The van der Waals surface area contributed by atoms with E-state index in [1.807, 2.05) is 12.1 Å². The van der Waals surface area contributed by atoms with Gasteiger partial charge in [-0.15, -0.1) is 5.10 Å². The van der Waals surface area contributed by atoms with Gasteiger partial charge in [-0.1, -0.05) is 0 Å². The van der Waals surface area contributed by atoms with Crippen molar-refractivity contribution in [3.8, 4) is 11.1 Å². The topological polar surface area (TPSA) is 93.1 Å². The summed E-state index contributed by atoms with van der Waals surface area (Å²) in [6, 6.07) is 10.6. The molecule has 32 heavy (non-hydrogen) atoms. The van der Waals surface area contributed by atoms with Crippen LogP contribution in [0.4, 0.5) is 20.8 Å². The standard InChI is InChI=1S/C23H23FN6O2/c24-21-18(3-1-11-25-21)17-5-6-19(27-14-17)26-13-16-7-9-23(10-8-16)15-30(22(31)32-23)20-4-2-12-28-29-20/h1-6,11-12,14,16H,7-10,13,15H2,(H,26,27)/t16-,23-. The number of carbonyl (C=O) groups excluding carboxylic acids is 1. The first-order valence-electron chi connectivity index (χ1n) is 10.7. The number of carbonyl (C=O) groups is 1. The van der Waals surface area contributed by atoms with Gasteiger partial charge in [-0.2, -0.15) is 9.49 Å². The summed E-state index contributed by atoms with van der Waals surface area (Å²) in [5.41, 5.74) is 0.681. The number of anilines is 2. The third kappa shape index (κ3) is 4.10. The molecule has 1 saturated carbocycles. The highest BCUT2D eigenvalue weighted by atomic mass is 19.1. The minimum absolute atomic E-state index is 0.351. The van der Waals surface area contributed by atoms with E-state index >= 15 is 0 Å². The predicted molar refractivity (Wildman–Crippen MR) is 116 cm³/mol. The predicted octanol–water partition coefficient (Wildman–Crippen LogP) is 4.07. The maximum absolute atomic E-state index is 13.8. The van der Waals surface area contributed by atoms with Crippen molar-refractivity contribution >= 4 is 17.7 Å². The van der Waals surface area contributed by atoms with Gasteiger partial charge in [-0.25, -0.2) is 14.8 Å². The van der Waals surface area contributed by atoms with Gasteiger partial charge < -0.3 is 10.1 Å². The molecule has 0 bridgehead atoms. The molecule has 0 radical (unpaired) electrons. The zero-order valence-electron chi connectivity index (χ0n) is 17.4. The van der Waals surface area contributed by atoms with E-state index < -0.39 is 11.5 Å². The Morgan fingerprint density at radius 1 is 1.12 bits per heavy atom. The van der Waals surface area contributed by atoms with Crippen LogP contribution in [0.25, 0.3) is 11.1 Å². The summed E-state index contributed by atoms with van der Waals surface area (Å²) in [5.74, 6) is 1.23. The lowest BCUT2D eigenvalue weighted by Gasteiger charge is -2.35. The van der Waals surface area contributed by atoms with E-state index in [1.165, 1.54) is 6.20 Å². The molecule has 2 fully saturated rings. The second kappa shape index (κ2) is 8.49. The molecule has 2 aliphatic rings. The Morgan fingerprint density at radius 3 is 2.69 bits per heavy atom.